The van der Waals surface area contributed by atoms with Crippen LogP contribution in [0.2, 0.25) is 0 Å². The molecule has 0 amide bonds. The van der Waals surface area contributed by atoms with E-state index in [0.29, 0.717) is 0 Å². The molecule has 2 fully saturated rings. The van der Waals surface area contributed by atoms with Crippen LogP contribution in [0.5, 0.6) is 0 Å². The molecule has 1 aromatic rings. The molecule has 1 aromatic carbocycles. The SMILES string of the molecule is c1cc(CNCC2CCCCC2)ccc1CNCC1CCCCC1. The Morgan fingerprint density at radius 1 is 0.583 bits per heavy atom. The molecule has 0 heterocycles. The van der Waals surface area contributed by atoms with Crippen molar-refractivity contribution in [1.29, 1.82) is 0 Å². The van der Waals surface area contributed by atoms with Gasteiger partial charge in [-0.1, -0.05) is 62.8 Å². The van der Waals surface area contributed by atoms with Gasteiger partial charge in [0, 0.05) is 13.1 Å². The van der Waals surface area contributed by atoms with Gasteiger partial charge in [-0.2, -0.15) is 0 Å². The van der Waals surface area contributed by atoms with Crippen molar-refractivity contribution in [2.75, 3.05) is 13.1 Å². The van der Waals surface area contributed by atoms with Crippen LogP contribution < -0.4 is 10.6 Å². The fraction of sp³-hybridized carbons (Fsp3) is 0.727. The second-order valence-corrected chi connectivity index (χ2v) is 8.09. The first kappa shape index (κ1) is 17.9. The van der Waals surface area contributed by atoms with Crippen LogP contribution in [0, 0.1) is 11.8 Å². The van der Waals surface area contributed by atoms with E-state index in [1.54, 1.807) is 0 Å². The van der Waals surface area contributed by atoms with Crippen LogP contribution >= 0.6 is 0 Å². The first-order valence-electron chi connectivity index (χ1n) is 10.4. The lowest BCUT2D eigenvalue weighted by molar-refractivity contribution is 0.341. The minimum atomic E-state index is 0.919. The summed E-state index contributed by atoms with van der Waals surface area (Å²) in [5.41, 5.74) is 2.84. The van der Waals surface area contributed by atoms with Gasteiger partial charge in [0.05, 0.1) is 0 Å². The molecule has 2 aliphatic rings. The lowest BCUT2D eigenvalue weighted by Crippen LogP contribution is -2.24. The van der Waals surface area contributed by atoms with Gasteiger partial charge in [0.1, 0.15) is 0 Å². The molecule has 3 rings (SSSR count). The molecule has 24 heavy (non-hydrogen) atoms. The van der Waals surface area contributed by atoms with E-state index in [9.17, 15) is 0 Å². The number of benzene rings is 1. The Morgan fingerprint density at radius 3 is 1.33 bits per heavy atom. The predicted octanol–water partition coefficient (Wildman–Crippen LogP) is 5.03. The van der Waals surface area contributed by atoms with E-state index in [2.05, 4.69) is 34.9 Å². The monoisotopic (exact) mass is 328 g/mol. The summed E-state index contributed by atoms with van der Waals surface area (Å²) >= 11 is 0. The van der Waals surface area contributed by atoms with E-state index in [4.69, 9.17) is 0 Å². The number of hydrogen-bond acceptors (Lipinski definition) is 2. The van der Waals surface area contributed by atoms with Gasteiger partial charge in [-0.15, -0.1) is 0 Å². The molecular formula is C22H36N2. The second-order valence-electron chi connectivity index (χ2n) is 8.09. The number of hydrogen-bond donors (Lipinski definition) is 2. The van der Waals surface area contributed by atoms with Crippen molar-refractivity contribution in [3.63, 3.8) is 0 Å². The zero-order chi connectivity index (χ0) is 16.5. The number of rotatable bonds is 8. The fourth-order valence-corrected chi connectivity index (χ4v) is 4.40. The molecule has 0 aliphatic heterocycles. The quantitative estimate of drug-likeness (QED) is 0.699. The Labute approximate surface area is 148 Å². The highest BCUT2D eigenvalue weighted by atomic mass is 14.9. The van der Waals surface area contributed by atoms with Crippen LogP contribution in [-0.2, 0) is 13.1 Å². The summed E-state index contributed by atoms with van der Waals surface area (Å²) in [5.74, 6) is 1.84. The van der Waals surface area contributed by atoms with Gasteiger partial charge in [-0.25, -0.2) is 0 Å². The summed E-state index contributed by atoms with van der Waals surface area (Å²) in [5, 5.41) is 7.32. The molecule has 2 nitrogen and oxygen atoms in total. The topological polar surface area (TPSA) is 24.1 Å². The maximum Gasteiger partial charge on any atom is 0.0205 e. The van der Waals surface area contributed by atoms with Crippen molar-refractivity contribution in [2.24, 2.45) is 11.8 Å². The van der Waals surface area contributed by atoms with Crippen LogP contribution in [0.1, 0.15) is 75.3 Å². The molecule has 2 aliphatic carbocycles. The highest BCUT2D eigenvalue weighted by molar-refractivity contribution is 5.22. The molecule has 0 radical (unpaired) electrons. The van der Waals surface area contributed by atoms with E-state index in [1.807, 2.05) is 0 Å². The maximum absolute atomic E-state index is 3.66. The van der Waals surface area contributed by atoms with Crippen LogP contribution in [0.15, 0.2) is 24.3 Å². The Hall–Kier alpha value is -0.860. The normalized spacial score (nSPS) is 20.3. The lowest BCUT2D eigenvalue weighted by atomic mass is 9.89. The molecule has 0 atom stereocenters. The molecule has 2 N–H and O–H groups in total. The van der Waals surface area contributed by atoms with E-state index in [-0.39, 0.29) is 0 Å². The summed E-state index contributed by atoms with van der Waals surface area (Å²) in [6.45, 7) is 4.44. The maximum atomic E-state index is 3.66. The highest BCUT2D eigenvalue weighted by Crippen LogP contribution is 2.23. The van der Waals surface area contributed by atoms with E-state index in [1.165, 1.54) is 88.4 Å². The molecule has 2 saturated carbocycles. The molecule has 0 spiro atoms. The van der Waals surface area contributed by atoms with E-state index in [0.717, 1.165) is 24.9 Å². The Morgan fingerprint density at radius 2 is 0.958 bits per heavy atom. The van der Waals surface area contributed by atoms with Gasteiger partial charge >= 0.3 is 0 Å². The summed E-state index contributed by atoms with van der Waals surface area (Å²) < 4.78 is 0. The van der Waals surface area contributed by atoms with Gasteiger partial charge in [-0.05, 0) is 61.7 Å². The molecule has 2 heteroatoms. The average molecular weight is 329 g/mol. The van der Waals surface area contributed by atoms with Crippen LogP contribution in [0.4, 0.5) is 0 Å². The summed E-state index contributed by atoms with van der Waals surface area (Å²) in [6.07, 6.45) is 14.4. The van der Waals surface area contributed by atoms with Crippen LogP contribution in [0.25, 0.3) is 0 Å². The third-order valence-electron chi connectivity index (χ3n) is 6.00. The van der Waals surface area contributed by atoms with Crippen molar-refractivity contribution in [3.05, 3.63) is 35.4 Å². The third-order valence-corrected chi connectivity index (χ3v) is 6.00. The first-order valence-corrected chi connectivity index (χ1v) is 10.4. The van der Waals surface area contributed by atoms with Crippen LogP contribution in [0.3, 0.4) is 0 Å². The van der Waals surface area contributed by atoms with Crippen molar-refractivity contribution < 1.29 is 0 Å². The Kier molecular flexibility index (Phi) is 7.63. The minimum Gasteiger partial charge on any atom is -0.312 e. The van der Waals surface area contributed by atoms with E-state index >= 15 is 0 Å². The van der Waals surface area contributed by atoms with Crippen molar-refractivity contribution in [2.45, 2.75) is 77.3 Å². The Balaban J connectivity index is 1.31. The van der Waals surface area contributed by atoms with Gasteiger partial charge in [0.15, 0.2) is 0 Å². The summed E-state index contributed by atoms with van der Waals surface area (Å²) in [6, 6.07) is 9.19. The van der Waals surface area contributed by atoms with E-state index < -0.39 is 0 Å². The smallest absolute Gasteiger partial charge is 0.0205 e. The zero-order valence-corrected chi connectivity index (χ0v) is 15.4. The summed E-state index contributed by atoms with van der Waals surface area (Å²) in [7, 11) is 0. The molecule has 134 valence electrons. The second kappa shape index (κ2) is 10.2. The molecule has 0 saturated heterocycles. The van der Waals surface area contributed by atoms with Gasteiger partial charge < -0.3 is 10.6 Å². The van der Waals surface area contributed by atoms with Crippen molar-refractivity contribution in [3.8, 4) is 0 Å². The zero-order valence-electron chi connectivity index (χ0n) is 15.4. The average Bonchev–Trinajstić information content (AvgIpc) is 2.65. The lowest BCUT2D eigenvalue weighted by Gasteiger charge is -2.22. The molecule has 0 aromatic heterocycles. The molecular weight excluding hydrogens is 292 g/mol. The van der Waals surface area contributed by atoms with Crippen molar-refractivity contribution in [1.82, 2.24) is 10.6 Å². The van der Waals surface area contributed by atoms with Crippen LogP contribution in [-0.4, -0.2) is 13.1 Å². The summed E-state index contributed by atoms with van der Waals surface area (Å²) in [4.78, 5) is 0. The van der Waals surface area contributed by atoms with Gasteiger partial charge in [-0.3, -0.25) is 0 Å². The Bertz CT molecular complexity index is 399. The third kappa shape index (κ3) is 6.22. The fourth-order valence-electron chi connectivity index (χ4n) is 4.40. The largest absolute Gasteiger partial charge is 0.312 e. The molecule has 0 unspecified atom stereocenters. The standard InChI is InChI=1S/C22H36N2/c1-3-7-19(8-4-1)15-23-17-21-11-13-22(14-12-21)18-24-16-20-9-5-2-6-10-20/h11-14,19-20,23-24H,1-10,15-18H2. The minimum absolute atomic E-state index is 0.919. The molecule has 0 bridgehead atoms. The predicted molar refractivity (Wildman–Crippen MR) is 103 cm³/mol. The van der Waals surface area contributed by atoms with Gasteiger partial charge in [0.25, 0.3) is 0 Å². The number of nitrogens with one attached hydrogen (secondary N) is 2. The first-order chi connectivity index (χ1) is 11.9. The van der Waals surface area contributed by atoms with Crippen molar-refractivity contribution >= 4 is 0 Å². The highest BCUT2D eigenvalue weighted by Gasteiger charge is 2.13. The van der Waals surface area contributed by atoms with Gasteiger partial charge in [0.2, 0.25) is 0 Å².